The van der Waals surface area contributed by atoms with Gasteiger partial charge < -0.3 is 18.8 Å². The summed E-state index contributed by atoms with van der Waals surface area (Å²) in [5, 5.41) is 0. The van der Waals surface area contributed by atoms with Crippen LogP contribution in [-0.2, 0) is 14.3 Å². The Balaban J connectivity index is 1.51. The summed E-state index contributed by atoms with van der Waals surface area (Å²) in [4.78, 5) is 19.1. The van der Waals surface area contributed by atoms with E-state index in [0.717, 1.165) is 23.5 Å². The quantitative estimate of drug-likeness (QED) is 0.383. The van der Waals surface area contributed by atoms with Crippen molar-refractivity contribution in [1.29, 1.82) is 0 Å². The van der Waals surface area contributed by atoms with Crippen LogP contribution in [0.15, 0.2) is 60.6 Å². The number of halogens is 3. The number of hydrogen-bond acceptors (Lipinski definition) is 5. The largest absolute Gasteiger partial charge is 0.497 e. The minimum absolute atomic E-state index is 0.0304. The van der Waals surface area contributed by atoms with Crippen LogP contribution in [0.2, 0.25) is 0 Å². The SMILES string of the molecule is COc1cc(C=C2OC(C)C3=COCC(c4cc(F)c(F)c(F)c4)N3C2=O)ccc1-n1cnc(C)c1. The second-order valence-electron chi connectivity index (χ2n) is 8.49. The molecule has 5 rings (SSSR count). The third kappa shape index (κ3) is 4.08. The van der Waals surface area contributed by atoms with Gasteiger partial charge in [0.05, 0.1) is 36.6 Å². The fourth-order valence-corrected chi connectivity index (χ4v) is 4.32. The van der Waals surface area contributed by atoms with Crippen molar-refractivity contribution in [2.75, 3.05) is 13.7 Å². The molecule has 0 spiro atoms. The molecule has 3 aromatic rings. The van der Waals surface area contributed by atoms with E-state index in [1.165, 1.54) is 11.2 Å². The number of benzene rings is 2. The average Bonchev–Trinajstić information content (AvgIpc) is 3.30. The number of carbonyl (C=O) groups excluding carboxylic acids is 1. The Morgan fingerprint density at radius 2 is 1.92 bits per heavy atom. The molecule has 1 amide bonds. The van der Waals surface area contributed by atoms with E-state index in [2.05, 4.69) is 4.98 Å². The minimum Gasteiger partial charge on any atom is -0.497 e. The second kappa shape index (κ2) is 9.10. The Morgan fingerprint density at radius 3 is 2.58 bits per heavy atom. The topological polar surface area (TPSA) is 65.8 Å². The number of rotatable bonds is 4. The Bertz CT molecular complexity index is 1390. The Labute approximate surface area is 205 Å². The highest BCUT2D eigenvalue weighted by atomic mass is 19.2. The number of methoxy groups -OCH3 is 1. The van der Waals surface area contributed by atoms with Crippen LogP contribution in [0.3, 0.4) is 0 Å². The molecule has 2 aromatic carbocycles. The average molecular weight is 497 g/mol. The standard InChI is InChI=1S/C26H22F3N3O4/c1-14-10-31(13-30-14)20-5-4-16(6-23(20)34-3)7-24-26(33)32-21(15(2)36-24)11-35-12-22(32)17-8-18(27)25(29)19(28)9-17/h4-11,13,15,22H,12H2,1-3H3. The molecular weight excluding hydrogens is 475 g/mol. The monoisotopic (exact) mass is 497 g/mol. The molecule has 7 nitrogen and oxygen atoms in total. The molecule has 0 N–H and O–H groups in total. The molecule has 10 heteroatoms. The van der Waals surface area contributed by atoms with Gasteiger partial charge >= 0.3 is 0 Å². The van der Waals surface area contributed by atoms with E-state index in [-0.39, 0.29) is 17.9 Å². The van der Waals surface area contributed by atoms with Crippen molar-refractivity contribution in [1.82, 2.24) is 14.5 Å². The van der Waals surface area contributed by atoms with Gasteiger partial charge in [-0.3, -0.25) is 9.69 Å². The molecule has 186 valence electrons. The summed E-state index contributed by atoms with van der Waals surface area (Å²) in [7, 11) is 1.54. The van der Waals surface area contributed by atoms with Crippen LogP contribution in [0.25, 0.3) is 11.8 Å². The first-order valence-electron chi connectivity index (χ1n) is 11.1. The van der Waals surface area contributed by atoms with E-state index in [4.69, 9.17) is 14.2 Å². The molecule has 1 fully saturated rings. The zero-order chi connectivity index (χ0) is 25.6. The predicted molar refractivity (Wildman–Crippen MR) is 123 cm³/mol. The number of amides is 1. The molecule has 0 bridgehead atoms. The zero-order valence-corrected chi connectivity index (χ0v) is 19.7. The first kappa shape index (κ1) is 23.5. The summed E-state index contributed by atoms with van der Waals surface area (Å²) >= 11 is 0. The number of imidazole rings is 1. The maximum atomic E-state index is 14.0. The van der Waals surface area contributed by atoms with Crippen molar-refractivity contribution in [2.24, 2.45) is 0 Å². The molecule has 3 heterocycles. The smallest absolute Gasteiger partial charge is 0.294 e. The molecular formula is C26H22F3N3O4. The highest BCUT2D eigenvalue weighted by molar-refractivity contribution is 5.98. The van der Waals surface area contributed by atoms with E-state index < -0.39 is 35.5 Å². The van der Waals surface area contributed by atoms with Gasteiger partial charge in [0.1, 0.15) is 24.7 Å². The van der Waals surface area contributed by atoms with Crippen molar-refractivity contribution in [3.63, 3.8) is 0 Å². The summed E-state index contributed by atoms with van der Waals surface area (Å²) < 4.78 is 60.1. The van der Waals surface area contributed by atoms with Crippen LogP contribution in [0.1, 0.15) is 29.8 Å². The maximum Gasteiger partial charge on any atom is 0.294 e. The lowest BCUT2D eigenvalue weighted by molar-refractivity contribution is -0.140. The molecule has 2 aliphatic rings. The summed E-state index contributed by atoms with van der Waals surface area (Å²) in [5.41, 5.74) is 2.72. The second-order valence-corrected chi connectivity index (χ2v) is 8.49. The normalized spacial score (nSPS) is 20.5. The first-order valence-corrected chi connectivity index (χ1v) is 11.1. The summed E-state index contributed by atoms with van der Waals surface area (Å²) in [6.45, 7) is 3.54. The van der Waals surface area contributed by atoms with E-state index in [9.17, 15) is 18.0 Å². The molecule has 2 atom stereocenters. The molecule has 1 saturated heterocycles. The molecule has 0 saturated carbocycles. The van der Waals surface area contributed by atoms with Crippen LogP contribution in [-0.4, -0.2) is 40.2 Å². The Hall–Kier alpha value is -4.21. The third-order valence-corrected chi connectivity index (χ3v) is 6.08. The molecule has 1 aromatic heterocycles. The van der Waals surface area contributed by atoms with Gasteiger partial charge in [0.25, 0.3) is 5.91 Å². The minimum atomic E-state index is -1.57. The van der Waals surface area contributed by atoms with Gasteiger partial charge in [-0.25, -0.2) is 18.2 Å². The number of morpholine rings is 1. The Kier molecular flexibility index (Phi) is 5.95. The lowest BCUT2D eigenvalue weighted by Gasteiger charge is -2.42. The van der Waals surface area contributed by atoms with E-state index in [0.29, 0.717) is 17.0 Å². The van der Waals surface area contributed by atoms with Crippen molar-refractivity contribution < 1.29 is 32.2 Å². The van der Waals surface area contributed by atoms with E-state index >= 15 is 0 Å². The van der Waals surface area contributed by atoms with Crippen molar-refractivity contribution in [3.05, 3.63) is 94.8 Å². The zero-order valence-electron chi connectivity index (χ0n) is 19.7. The number of aromatic nitrogens is 2. The molecule has 2 aliphatic heterocycles. The fourth-order valence-electron chi connectivity index (χ4n) is 4.32. The van der Waals surface area contributed by atoms with Gasteiger partial charge in [-0.2, -0.15) is 0 Å². The molecule has 0 aliphatic carbocycles. The maximum absolute atomic E-state index is 14.0. The summed E-state index contributed by atoms with van der Waals surface area (Å²) in [6, 6.07) is 6.25. The highest BCUT2D eigenvalue weighted by Gasteiger charge is 2.41. The van der Waals surface area contributed by atoms with E-state index in [1.54, 1.807) is 38.6 Å². The number of fused-ring (bicyclic) bond motifs is 1. The van der Waals surface area contributed by atoms with Crippen molar-refractivity contribution in [3.8, 4) is 11.4 Å². The number of aryl methyl sites for hydroxylation is 1. The van der Waals surface area contributed by atoms with Crippen molar-refractivity contribution >= 4 is 12.0 Å². The summed E-state index contributed by atoms with van der Waals surface area (Å²) in [6.07, 6.45) is 5.89. The number of ether oxygens (including phenoxy) is 3. The van der Waals surface area contributed by atoms with Crippen LogP contribution in [0, 0.1) is 24.4 Å². The van der Waals surface area contributed by atoms with Gasteiger partial charge in [-0.15, -0.1) is 0 Å². The van der Waals surface area contributed by atoms with Gasteiger partial charge in [-0.1, -0.05) is 6.07 Å². The molecule has 36 heavy (non-hydrogen) atoms. The Morgan fingerprint density at radius 1 is 1.17 bits per heavy atom. The molecule has 0 radical (unpaired) electrons. The van der Waals surface area contributed by atoms with Gasteiger partial charge in [0, 0.05) is 6.20 Å². The van der Waals surface area contributed by atoms with Gasteiger partial charge in [-0.05, 0) is 55.3 Å². The first-order chi connectivity index (χ1) is 17.3. The van der Waals surface area contributed by atoms with E-state index in [1.807, 2.05) is 23.8 Å². The number of nitrogens with zero attached hydrogens (tertiary/aromatic N) is 3. The van der Waals surface area contributed by atoms with Gasteiger partial charge in [0.15, 0.2) is 23.2 Å². The molecule has 2 unspecified atom stereocenters. The predicted octanol–water partition coefficient (Wildman–Crippen LogP) is 4.81. The van der Waals surface area contributed by atoms with Crippen molar-refractivity contribution in [2.45, 2.75) is 26.0 Å². The number of hydrogen-bond donors (Lipinski definition) is 0. The lowest BCUT2D eigenvalue weighted by Crippen LogP contribution is -2.47. The van der Waals surface area contributed by atoms with Crippen LogP contribution < -0.4 is 4.74 Å². The van der Waals surface area contributed by atoms with Crippen LogP contribution in [0.4, 0.5) is 13.2 Å². The van der Waals surface area contributed by atoms with Crippen LogP contribution >= 0.6 is 0 Å². The lowest BCUT2D eigenvalue weighted by atomic mass is 10.0. The van der Waals surface area contributed by atoms with Crippen LogP contribution in [0.5, 0.6) is 5.75 Å². The fraction of sp³-hybridized carbons (Fsp3) is 0.231. The van der Waals surface area contributed by atoms with Gasteiger partial charge in [0.2, 0.25) is 0 Å². The summed E-state index contributed by atoms with van der Waals surface area (Å²) in [5.74, 6) is -4.19. The number of carbonyl (C=O) groups is 1. The third-order valence-electron chi connectivity index (χ3n) is 6.08. The highest BCUT2D eigenvalue weighted by Crippen LogP contribution is 2.38.